The molecule has 5 rings (SSSR count). The number of rotatable bonds is 3. The Labute approximate surface area is 201 Å². The molecule has 0 spiro atoms. The van der Waals surface area contributed by atoms with Gasteiger partial charge < -0.3 is 4.90 Å². The monoisotopic (exact) mass is 502 g/mol. The van der Waals surface area contributed by atoms with Gasteiger partial charge in [0.1, 0.15) is 11.4 Å². The molecule has 4 aromatic rings. The molecular weight excluding hydrogens is 483 g/mol. The average Bonchev–Trinajstić information content (AvgIpc) is 2.85. The predicted molar refractivity (Wildman–Crippen MR) is 121 cm³/mol. The van der Waals surface area contributed by atoms with E-state index in [2.05, 4.69) is 20.1 Å². The first-order valence-electron chi connectivity index (χ1n) is 11.0. The summed E-state index contributed by atoms with van der Waals surface area (Å²) in [6.07, 6.45) is -4.04. The molecule has 0 bridgehead atoms. The highest BCUT2D eigenvalue weighted by molar-refractivity contribution is 5.64. The zero-order chi connectivity index (χ0) is 25.8. The molecule has 1 aliphatic rings. The lowest BCUT2D eigenvalue weighted by molar-refractivity contribution is -0.141. The maximum Gasteiger partial charge on any atom is 0.433 e. The third kappa shape index (κ3) is 4.16. The van der Waals surface area contributed by atoms with E-state index in [1.807, 2.05) is 11.0 Å². The second kappa shape index (κ2) is 8.61. The molecule has 36 heavy (non-hydrogen) atoms. The molecule has 12 heteroatoms. The van der Waals surface area contributed by atoms with Crippen molar-refractivity contribution in [2.75, 3.05) is 11.4 Å². The molecule has 0 saturated heterocycles. The molecule has 5 heterocycles. The number of hydrogen-bond donors (Lipinski definition) is 0. The summed E-state index contributed by atoms with van der Waals surface area (Å²) in [4.78, 5) is 26.4. The van der Waals surface area contributed by atoms with Gasteiger partial charge in [-0.15, -0.1) is 5.10 Å². The summed E-state index contributed by atoms with van der Waals surface area (Å²) >= 11 is 0. The predicted octanol–water partition coefficient (Wildman–Crippen LogP) is 4.68. The smallest absolute Gasteiger partial charge is 0.350 e. The van der Waals surface area contributed by atoms with Gasteiger partial charge in [-0.1, -0.05) is 6.07 Å². The number of hydrogen-bond acceptors (Lipinski definition) is 6. The van der Waals surface area contributed by atoms with Gasteiger partial charge in [0.05, 0.1) is 0 Å². The molecule has 0 radical (unpaired) electrons. The number of aryl methyl sites for hydroxylation is 1. The lowest BCUT2D eigenvalue weighted by Crippen LogP contribution is -2.34. The number of fused-ring (bicyclic) bond motifs is 2. The molecule has 0 N–H and O–H groups in total. The number of halogens is 5. The fourth-order valence-corrected chi connectivity index (χ4v) is 4.25. The third-order valence-electron chi connectivity index (χ3n) is 6.29. The Balaban J connectivity index is 1.50. The van der Waals surface area contributed by atoms with Crippen LogP contribution in [0.25, 0.3) is 16.8 Å². The molecule has 0 atom stereocenters. The second-order valence-corrected chi connectivity index (χ2v) is 8.56. The average molecular weight is 502 g/mol. The first-order valence-corrected chi connectivity index (χ1v) is 11.0. The highest BCUT2D eigenvalue weighted by Gasteiger charge is 2.32. The van der Waals surface area contributed by atoms with E-state index >= 15 is 0 Å². The number of anilines is 1. The molecule has 0 fully saturated rings. The Morgan fingerprint density at radius 2 is 1.75 bits per heavy atom. The Kier molecular flexibility index (Phi) is 5.68. The third-order valence-corrected chi connectivity index (χ3v) is 6.29. The van der Waals surface area contributed by atoms with Crippen molar-refractivity contribution in [3.63, 3.8) is 0 Å². The van der Waals surface area contributed by atoms with Crippen LogP contribution in [0.3, 0.4) is 0 Å². The van der Waals surface area contributed by atoms with Gasteiger partial charge >= 0.3 is 6.18 Å². The van der Waals surface area contributed by atoms with Gasteiger partial charge in [-0.05, 0) is 31.5 Å². The van der Waals surface area contributed by atoms with E-state index in [0.29, 0.717) is 47.6 Å². The summed E-state index contributed by atoms with van der Waals surface area (Å²) in [7, 11) is 0. The SMILES string of the molecule is Cc1c(N2CCc3ncc(-c4ccc(C(F)(F)F)nc4)cc3C2)nn2c(=O)cc(C(F)F)nc2c1C. The van der Waals surface area contributed by atoms with Gasteiger partial charge in [0.25, 0.3) is 12.0 Å². The van der Waals surface area contributed by atoms with E-state index in [-0.39, 0.29) is 5.65 Å². The van der Waals surface area contributed by atoms with Crippen LogP contribution in [0.15, 0.2) is 41.5 Å². The van der Waals surface area contributed by atoms with Gasteiger partial charge in [0, 0.05) is 65.9 Å². The Morgan fingerprint density at radius 1 is 1.00 bits per heavy atom. The Morgan fingerprint density at radius 3 is 2.42 bits per heavy atom. The van der Waals surface area contributed by atoms with E-state index in [4.69, 9.17) is 0 Å². The van der Waals surface area contributed by atoms with Gasteiger partial charge in [-0.25, -0.2) is 13.8 Å². The molecule has 0 saturated carbocycles. The number of pyridine rings is 2. The Hall–Kier alpha value is -3.96. The summed E-state index contributed by atoms with van der Waals surface area (Å²) < 4.78 is 65.9. The number of aromatic nitrogens is 5. The minimum atomic E-state index is -4.52. The van der Waals surface area contributed by atoms with Crippen LogP contribution in [-0.4, -0.2) is 31.1 Å². The van der Waals surface area contributed by atoms with Crippen molar-refractivity contribution in [2.24, 2.45) is 0 Å². The van der Waals surface area contributed by atoms with Crippen LogP contribution in [-0.2, 0) is 19.1 Å². The summed E-state index contributed by atoms with van der Waals surface area (Å²) in [5, 5.41) is 4.43. The van der Waals surface area contributed by atoms with Crippen molar-refractivity contribution in [1.82, 2.24) is 24.6 Å². The van der Waals surface area contributed by atoms with Gasteiger partial charge in [0.2, 0.25) is 0 Å². The molecule has 0 aromatic carbocycles. The van der Waals surface area contributed by atoms with Crippen molar-refractivity contribution in [1.29, 1.82) is 0 Å². The quantitative estimate of drug-likeness (QED) is 0.379. The van der Waals surface area contributed by atoms with Crippen LogP contribution in [0, 0.1) is 13.8 Å². The Bertz CT molecular complexity index is 1530. The summed E-state index contributed by atoms with van der Waals surface area (Å²) in [5.74, 6) is 0.515. The standard InChI is InChI=1S/C24H19F5N6O/c1-12-13(2)23(33-35-20(36)8-18(21(25)26)32-22(12)35)34-6-5-17-16(11-34)7-15(10-30-17)14-3-4-19(31-9-14)24(27,28)29/h3-4,7-10,21H,5-6,11H2,1-2H3. The molecule has 0 aliphatic carbocycles. The maximum atomic E-state index is 13.1. The number of alkyl halides is 5. The molecular formula is C24H19F5N6O. The minimum Gasteiger partial charge on any atom is -0.350 e. The van der Waals surface area contributed by atoms with Crippen LogP contribution >= 0.6 is 0 Å². The van der Waals surface area contributed by atoms with Crippen molar-refractivity contribution >= 4 is 11.5 Å². The van der Waals surface area contributed by atoms with E-state index < -0.39 is 29.5 Å². The zero-order valence-corrected chi connectivity index (χ0v) is 19.1. The highest BCUT2D eigenvalue weighted by Crippen LogP contribution is 2.31. The minimum absolute atomic E-state index is 0.0789. The van der Waals surface area contributed by atoms with Crippen molar-refractivity contribution in [3.8, 4) is 11.1 Å². The van der Waals surface area contributed by atoms with Crippen molar-refractivity contribution in [3.05, 3.63) is 80.8 Å². The van der Waals surface area contributed by atoms with Gasteiger partial charge in [0.15, 0.2) is 11.5 Å². The maximum absolute atomic E-state index is 13.1. The van der Waals surface area contributed by atoms with Crippen molar-refractivity contribution < 1.29 is 22.0 Å². The fraction of sp³-hybridized carbons (Fsp3) is 0.292. The largest absolute Gasteiger partial charge is 0.433 e. The van der Waals surface area contributed by atoms with Gasteiger partial charge in [-0.2, -0.15) is 17.7 Å². The fourth-order valence-electron chi connectivity index (χ4n) is 4.25. The summed E-state index contributed by atoms with van der Waals surface area (Å²) in [6, 6.07) is 4.91. The van der Waals surface area contributed by atoms with Crippen LogP contribution in [0.1, 0.15) is 40.2 Å². The van der Waals surface area contributed by atoms with Crippen LogP contribution in [0.5, 0.6) is 0 Å². The normalized spacial score (nSPS) is 13.9. The topological polar surface area (TPSA) is 76.3 Å². The second-order valence-electron chi connectivity index (χ2n) is 8.56. The number of nitrogens with zero attached hydrogens (tertiary/aromatic N) is 6. The molecule has 4 aromatic heterocycles. The molecule has 7 nitrogen and oxygen atoms in total. The first kappa shape index (κ1) is 23.8. The van der Waals surface area contributed by atoms with E-state index in [0.717, 1.165) is 34.1 Å². The van der Waals surface area contributed by atoms with Crippen LogP contribution in [0.2, 0.25) is 0 Å². The van der Waals surface area contributed by atoms with E-state index in [1.165, 1.54) is 6.07 Å². The molecule has 1 aliphatic heterocycles. The zero-order valence-electron chi connectivity index (χ0n) is 19.1. The first-order chi connectivity index (χ1) is 17.0. The van der Waals surface area contributed by atoms with Crippen LogP contribution in [0.4, 0.5) is 27.8 Å². The molecule has 186 valence electrons. The van der Waals surface area contributed by atoms with Crippen LogP contribution < -0.4 is 10.5 Å². The van der Waals surface area contributed by atoms with E-state index in [9.17, 15) is 26.7 Å². The molecule has 0 amide bonds. The van der Waals surface area contributed by atoms with E-state index in [1.54, 1.807) is 20.0 Å². The van der Waals surface area contributed by atoms with Gasteiger partial charge in [-0.3, -0.25) is 14.8 Å². The highest BCUT2D eigenvalue weighted by atomic mass is 19.4. The lowest BCUT2D eigenvalue weighted by atomic mass is 10.0. The molecule has 0 unspecified atom stereocenters. The lowest BCUT2D eigenvalue weighted by Gasteiger charge is -2.31. The van der Waals surface area contributed by atoms with Crippen molar-refractivity contribution in [2.45, 2.75) is 39.4 Å². The summed E-state index contributed by atoms with van der Waals surface area (Å²) in [6.45, 7) is 4.43. The summed E-state index contributed by atoms with van der Waals surface area (Å²) in [5.41, 5.74) is 1.91.